The van der Waals surface area contributed by atoms with Crippen molar-refractivity contribution in [1.82, 2.24) is 9.80 Å². The molecule has 3 atom stereocenters. The standard InChI is InChI=1S/C27H32N2O5S/c1-34-21-12-14-22(15-13-21)35(33)19-25(30)23-9-5-18-29(23)27(32)24-10-6-17-28(24)26(31)16-11-20-7-3-2-4-8-20/h2-4,7-8,12-15,23-24H,5-6,9-11,16-19H2,1H3/t23-,24-,35?/m0/s1. The summed E-state index contributed by atoms with van der Waals surface area (Å²) in [6.07, 6.45) is 3.69. The second-order valence-corrected chi connectivity index (χ2v) is 10.5. The molecule has 2 aliphatic rings. The SMILES string of the molecule is COc1ccc([S+]([O-])CC(=O)[C@@H]2CCCN2C(=O)[C@@H]2CCCN2C(=O)CCc2ccccc2)cc1. The molecule has 2 aromatic rings. The number of carbonyl (C=O) groups excluding carboxylic acids is 3. The van der Waals surface area contributed by atoms with Crippen LogP contribution in [-0.4, -0.2) is 70.0 Å². The molecule has 0 radical (unpaired) electrons. The molecule has 1 unspecified atom stereocenters. The van der Waals surface area contributed by atoms with Crippen LogP contribution in [0.5, 0.6) is 5.75 Å². The first-order chi connectivity index (χ1) is 17.0. The molecule has 2 aromatic carbocycles. The van der Waals surface area contributed by atoms with Gasteiger partial charge in [0.1, 0.15) is 11.8 Å². The number of ether oxygens (including phenoxy) is 1. The molecule has 4 rings (SSSR count). The molecule has 186 valence electrons. The number of ketones is 1. The zero-order valence-electron chi connectivity index (χ0n) is 20.1. The molecule has 0 saturated carbocycles. The summed E-state index contributed by atoms with van der Waals surface area (Å²) in [7, 11) is 1.56. The Morgan fingerprint density at radius 1 is 0.943 bits per heavy atom. The van der Waals surface area contributed by atoms with Crippen molar-refractivity contribution in [2.75, 3.05) is 26.0 Å². The quantitative estimate of drug-likeness (QED) is 0.498. The molecule has 8 heteroatoms. The van der Waals surface area contributed by atoms with E-state index in [2.05, 4.69) is 0 Å². The molecular weight excluding hydrogens is 464 g/mol. The summed E-state index contributed by atoms with van der Waals surface area (Å²) in [5.41, 5.74) is 1.10. The molecule has 2 saturated heterocycles. The summed E-state index contributed by atoms with van der Waals surface area (Å²) in [5, 5.41) is 0. The van der Waals surface area contributed by atoms with E-state index in [1.165, 1.54) is 0 Å². The number of Topliss-reactive ketones (excluding diaryl/α,β-unsaturated/α-hetero) is 1. The molecule has 2 fully saturated rings. The van der Waals surface area contributed by atoms with Gasteiger partial charge in [-0.3, -0.25) is 14.4 Å². The largest absolute Gasteiger partial charge is 0.611 e. The number of likely N-dealkylation sites (tertiary alicyclic amines) is 2. The third kappa shape index (κ3) is 6.05. The van der Waals surface area contributed by atoms with Gasteiger partial charge in [0.2, 0.25) is 17.6 Å². The Labute approximate surface area is 209 Å². The highest BCUT2D eigenvalue weighted by Gasteiger charge is 2.42. The van der Waals surface area contributed by atoms with Crippen molar-refractivity contribution in [3.63, 3.8) is 0 Å². The van der Waals surface area contributed by atoms with Gasteiger partial charge in [0.15, 0.2) is 10.6 Å². The van der Waals surface area contributed by atoms with Gasteiger partial charge in [-0.2, -0.15) is 0 Å². The zero-order chi connectivity index (χ0) is 24.8. The first-order valence-corrected chi connectivity index (χ1v) is 13.5. The van der Waals surface area contributed by atoms with Gasteiger partial charge >= 0.3 is 0 Å². The van der Waals surface area contributed by atoms with Gasteiger partial charge in [-0.1, -0.05) is 30.3 Å². The van der Waals surface area contributed by atoms with E-state index in [9.17, 15) is 18.9 Å². The Morgan fingerprint density at radius 2 is 1.60 bits per heavy atom. The lowest BCUT2D eigenvalue weighted by molar-refractivity contribution is -0.146. The molecule has 35 heavy (non-hydrogen) atoms. The highest BCUT2D eigenvalue weighted by atomic mass is 32.2. The number of benzene rings is 2. The van der Waals surface area contributed by atoms with Crippen LogP contribution in [0.2, 0.25) is 0 Å². The molecule has 0 N–H and O–H groups in total. The molecule has 2 amide bonds. The van der Waals surface area contributed by atoms with Crippen molar-refractivity contribution >= 4 is 28.8 Å². The first-order valence-electron chi connectivity index (χ1n) is 12.2. The second kappa shape index (κ2) is 11.7. The molecular formula is C27H32N2O5S. The summed E-state index contributed by atoms with van der Waals surface area (Å²) in [6.45, 7) is 1.06. The third-order valence-electron chi connectivity index (χ3n) is 6.83. The average Bonchev–Trinajstić information content (AvgIpc) is 3.58. The maximum absolute atomic E-state index is 13.5. The molecule has 7 nitrogen and oxygen atoms in total. The lowest BCUT2D eigenvalue weighted by Gasteiger charge is -2.31. The number of amides is 2. The molecule has 2 heterocycles. The smallest absolute Gasteiger partial charge is 0.245 e. The molecule has 2 aliphatic heterocycles. The van der Waals surface area contributed by atoms with Gasteiger partial charge in [-0.05, 0) is 73.1 Å². The first kappa shape index (κ1) is 25.3. The fourth-order valence-electron chi connectivity index (χ4n) is 4.95. The van der Waals surface area contributed by atoms with Crippen LogP contribution < -0.4 is 4.74 Å². The number of aryl methyl sites for hydroxylation is 1. The third-order valence-corrected chi connectivity index (χ3v) is 8.18. The number of rotatable bonds is 9. The van der Waals surface area contributed by atoms with Crippen LogP contribution in [0.15, 0.2) is 59.5 Å². The fourth-order valence-corrected chi connectivity index (χ4v) is 6.01. The molecule has 0 aliphatic carbocycles. The number of carbonyl (C=O) groups is 3. The summed E-state index contributed by atoms with van der Waals surface area (Å²) in [5.74, 6) is 0.161. The van der Waals surface area contributed by atoms with E-state index in [4.69, 9.17) is 4.74 Å². The number of nitrogens with zero attached hydrogens (tertiary/aromatic N) is 2. The number of methoxy groups -OCH3 is 1. The lowest BCUT2D eigenvalue weighted by Crippen LogP contribution is -2.51. The van der Waals surface area contributed by atoms with E-state index < -0.39 is 23.3 Å². The van der Waals surface area contributed by atoms with Gasteiger partial charge in [0, 0.05) is 19.5 Å². The minimum absolute atomic E-state index is 0.0209. The highest BCUT2D eigenvalue weighted by molar-refractivity contribution is 7.92. The van der Waals surface area contributed by atoms with Crippen molar-refractivity contribution in [3.8, 4) is 5.75 Å². The van der Waals surface area contributed by atoms with Gasteiger partial charge in [0.25, 0.3) is 0 Å². The topological polar surface area (TPSA) is 90.0 Å². The predicted molar refractivity (Wildman–Crippen MR) is 134 cm³/mol. The van der Waals surface area contributed by atoms with Crippen molar-refractivity contribution in [2.24, 2.45) is 0 Å². The summed E-state index contributed by atoms with van der Waals surface area (Å²) >= 11 is -1.49. The van der Waals surface area contributed by atoms with E-state index in [-0.39, 0.29) is 23.4 Å². The molecule has 0 spiro atoms. The van der Waals surface area contributed by atoms with Crippen LogP contribution in [-0.2, 0) is 32.0 Å². The molecule has 0 aromatic heterocycles. The van der Waals surface area contributed by atoms with Crippen molar-refractivity contribution in [1.29, 1.82) is 0 Å². The van der Waals surface area contributed by atoms with Crippen molar-refractivity contribution in [3.05, 3.63) is 60.2 Å². The van der Waals surface area contributed by atoms with Crippen LogP contribution >= 0.6 is 0 Å². The zero-order valence-corrected chi connectivity index (χ0v) is 20.9. The van der Waals surface area contributed by atoms with E-state index in [0.717, 1.165) is 18.4 Å². The minimum Gasteiger partial charge on any atom is -0.611 e. The van der Waals surface area contributed by atoms with Gasteiger partial charge in [0.05, 0.1) is 13.2 Å². The fraction of sp³-hybridized carbons (Fsp3) is 0.444. The maximum atomic E-state index is 13.5. The van der Waals surface area contributed by atoms with Gasteiger partial charge in [-0.15, -0.1) is 0 Å². The van der Waals surface area contributed by atoms with E-state index >= 15 is 0 Å². The average molecular weight is 497 g/mol. The summed E-state index contributed by atoms with van der Waals surface area (Å²) in [6, 6.07) is 15.6. The van der Waals surface area contributed by atoms with Gasteiger partial charge in [-0.25, -0.2) is 0 Å². The summed E-state index contributed by atoms with van der Waals surface area (Å²) < 4.78 is 17.9. The van der Waals surface area contributed by atoms with Crippen LogP contribution in [0.25, 0.3) is 0 Å². The molecule has 0 bridgehead atoms. The number of hydrogen-bond donors (Lipinski definition) is 0. The normalized spacial score (nSPS) is 20.6. The number of hydrogen-bond acceptors (Lipinski definition) is 5. The predicted octanol–water partition coefficient (Wildman–Crippen LogP) is 2.99. The minimum atomic E-state index is -1.49. The Balaban J connectivity index is 1.36. The monoisotopic (exact) mass is 496 g/mol. The van der Waals surface area contributed by atoms with Gasteiger partial charge < -0.3 is 19.1 Å². The van der Waals surface area contributed by atoms with E-state index in [1.807, 2.05) is 30.3 Å². The Morgan fingerprint density at radius 3 is 2.29 bits per heavy atom. The van der Waals surface area contributed by atoms with Crippen molar-refractivity contribution in [2.45, 2.75) is 55.5 Å². The lowest BCUT2D eigenvalue weighted by atomic mass is 10.1. The maximum Gasteiger partial charge on any atom is 0.245 e. The highest BCUT2D eigenvalue weighted by Crippen LogP contribution is 2.27. The van der Waals surface area contributed by atoms with Crippen LogP contribution in [0.4, 0.5) is 0 Å². The second-order valence-electron chi connectivity index (χ2n) is 9.05. The van der Waals surface area contributed by atoms with Crippen LogP contribution in [0.3, 0.4) is 0 Å². The van der Waals surface area contributed by atoms with Crippen molar-refractivity contribution < 1.29 is 23.7 Å². The van der Waals surface area contributed by atoms with Crippen LogP contribution in [0.1, 0.15) is 37.7 Å². The summed E-state index contributed by atoms with van der Waals surface area (Å²) in [4.78, 5) is 43.4. The Bertz CT molecular complexity index is 1030. The van der Waals surface area contributed by atoms with Crippen LogP contribution in [0, 0.1) is 0 Å². The Hall–Kier alpha value is -2.84. The Kier molecular flexibility index (Phi) is 8.46. The van der Waals surface area contributed by atoms with E-state index in [1.54, 1.807) is 41.2 Å². The van der Waals surface area contributed by atoms with E-state index in [0.29, 0.717) is 49.4 Å².